The van der Waals surface area contributed by atoms with E-state index >= 15 is 0 Å². The van der Waals surface area contributed by atoms with E-state index in [0.29, 0.717) is 19.5 Å². The lowest BCUT2D eigenvalue weighted by molar-refractivity contribution is -0.121. The van der Waals surface area contributed by atoms with E-state index in [1.54, 1.807) is 0 Å². The predicted molar refractivity (Wildman–Crippen MR) is 50.3 cm³/mol. The first-order valence-electron chi connectivity index (χ1n) is 4.75. The van der Waals surface area contributed by atoms with E-state index in [1.165, 1.54) is 0 Å². The van der Waals surface area contributed by atoms with Gasteiger partial charge in [-0.2, -0.15) is 0 Å². The molecule has 0 saturated heterocycles. The van der Waals surface area contributed by atoms with Gasteiger partial charge >= 0.3 is 0 Å². The Morgan fingerprint density at radius 2 is 2.23 bits per heavy atom. The van der Waals surface area contributed by atoms with Crippen LogP contribution in [0.3, 0.4) is 0 Å². The zero-order valence-corrected chi connectivity index (χ0v) is 8.10. The Bertz CT molecular complexity index is 178. The summed E-state index contributed by atoms with van der Waals surface area (Å²) in [6.45, 7) is 1.53. The van der Waals surface area contributed by atoms with Crippen molar-refractivity contribution in [2.24, 2.45) is 5.41 Å². The summed E-state index contributed by atoms with van der Waals surface area (Å²) in [5.41, 5.74) is 0.0231. The Morgan fingerprint density at radius 1 is 1.54 bits per heavy atom. The monoisotopic (exact) mass is 186 g/mol. The molecule has 1 fully saturated rings. The van der Waals surface area contributed by atoms with Gasteiger partial charge in [-0.05, 0) is 19.9 Å². The summed E-state index contributed by atoms with van der Waals surface area (Å²) in [6.07, 6.45) is 2.59. The number of amides is 1. The molecule has 1 rings (SSSR count). The third kappa shape index (κ3) is 3.32. The molecule has 0 aromatic rings. The Kier molecular flexibility index (Phi) is 3.69. The highest BCUT2D eigenvalue weighted by molar-refractivity contribution is 5.76. The summed E-state index contributed by atoms with van der Waals surface area (Å²) in [7, 11) is 1.82. The molecule has 0 aromatic heterocycles. The van der Waals surface area contributed by atoms with Crippen molar-refractivity contribution in [3.05, 3.63) is 0 Å². The normalized spacial score (nSPS) is 18.3. The SMILES string of the molecule is CNCCC(=O)NCC1(CO)CC1. The van der Waals surface area contributed by atoms with Gasteiger partial charge in [0.25, 0.3) is 0 Å². The van der Waals surface area contributed by atoms with E-state index in [9.17, 15) is 4.79 Å². The first kappa shape index (κ1) is 10.5. The van der Waals surface area contributed by atoms with Gasteiger partial charge in [-0.3, -0.25) is 4.79 Å². The number of carbonyl (C=O) groups is 1. The Morgan fingerprint density at radius 3 is 2.69 bits per heavy atom. The molecule has 1 amide bonds. The maximum Gasteiger partial charge on any atom is 0.221 e. The molecule has 0 aromatic carbocycles. The Labute approximate surface area is 78.7 Å². The van der Waals surface area contributed by atoms with E-state index in [1.807, 2.05) is 7.05 Å². The fraction of sp³-hybridized carbons (Fsp3) is 0.889. The van der Waals surface area contributed by atoms with E-state index in [0.717, 1.165) is 12.8 Å². The number of carbonyl (C=O) groups excluding carboxylic acids is 1. The third-order valence-electron chi connectivity index (χ3n) is 2.56. The summed E-state index contributed by atoms with van der Waals surface area (Å²) in [6, 6.07) is 0. The average molecular weight is 186 g/mol. The second-order valence-corrected chi connectivity index (χ2v) is 3.79. The molecular formula is C9H18N2O2. The van der Waals surface area contributed by atoms with Crippen molar-refractivity contribution in [3.63, 3.8) is 0 Å². The molecular weight excluding hydrogens is 168 g/mol. The summed E-state index contributed by atoms with van der Waals surface area (Å²) >= 11 is 0. The van der Waals surface area contributed by atoms with E-state index in [2.05, 4.69) is 10.6 Å². The number of aliphatic hydroxyl groups excluding tert-OH is 1. The molecule has 1 aliphatic rings. The summed E-state index contributed by atoms with van der Waals surface area (Å²) in [5.74, 6) is 0.0640. The van der Waals surface area contributed by atoms with Crippen molar-refractivity contribution in [2.75, 3.05) is 26.7 Å². The van der Waals surface area contributed by atoms with Crippen LogP contribution in [0.1, 0.15) is 19.3 Å². The number of rotatable bonds is 6. The zero-order chi connectivity index (χ0) is 9.73. The third-order valence-corrected chi connectivity index (χ3v) is 2.56. The second-order valence-electron chi connectivity index (χ2n) is 3.79. The molecule has 0 aliphatic heterocycles. The number of nitrogens with one attached hydrogen (secondary N) is 2. The highest BCUT2D eigenvalue weighted by atomic mass is 16.3. The second kappa shape index (κ2) is 4.58. The first-order chi connectivity index (χ1) is 6.22. The van der Waals surface area contributed by atoms with Gasteiger partial charge in [-0.25, -0.2) is 0 Å². The molecule has 0 unspecified atom stereocenters. The molecule has 0 atom stereocenters. The van der Waals surface area contributed by atoms with Gasteiger partial charge in [0.1, 0.15) is 0 Å². The lowest BCUT2D eigenvalue weighted by Gasteiger charge is -2.12. The van der Waals surface area contributed by atoms with Crippen LogP contribution in [0, 0.1) is 5.41 Å². The van der Waals surface area contributed by atoms with Gasteiger partial charge in [0.05, 0.1) is 6.61 Å². The van der Waals surface area contributed by atoms with Crippen molar-refractivity contribution in [1.29, 1.82) is 0 Å². The smallest absolute Gasteiger partial charge is 0.221 e. The van der Waals surface area contributed by atoms with Gasteiger partial charge in [0, 0.05) is 24.9 Å². The lowest BCUT2D eigenvalue weighted by Crippen LogP contribution is -2.33. The number of hydrogen-bond acceptors (Lipinski definition) is 3. The van der Waals surface area contributed by atoms with Crippen LogP contribution in [0.5, 0.6) is 0 Å². The van der Waals surface area contributed by atoms with Crippen molar-refractivity contribution >= 4 is 5.91 Å². The largest absolute Gasteiger partial charge is 0.396 e. The lowest BCUT2D eigenvalue weighted by atomic mass is 10.1. The molecule has 4 nitrogen and oxygen atoms in total. The molecule has 76 valence electrons. The van der Waals surface area contributed by atoms with Crippen LogP contribution >= 0.6 is 0 Å². The van der Waals surface area contributed by atoms with Crippen LogP contribution in [-0.2, 0) is 4.79 Å². The molecule has 0 bridgehead atoms. The van der Waals surface area contributed by atoms with Crippen LogP contribution in [-0.4, -0.2) is 37.8 Å². The van der Waals surface area contributed by atoms with Crippen molar-refractivity contribution in [3.8, 4) is 0 Å². The van der Waals surface area contributed by atoms with Gasteiger partial charge in [0.2, 0.25) is 5.91 Å². The highest BCUT2D eigenvalue weighted by Gasteiger charge is 2.41. The Balaban J connectivity index is 2.08. The fourth-order valence-corrected chi connectivity index (χ4v) is 1.18. The zero-order valence-electron chi connectivity index (χ0n) is 8.10. The van der Waals surface area contributed by atoms with Crippen molar-refractivity contribution < 1.29 is 9.90 Å². The molecule has 1 aliphatic carbocycles. The fourth-order valence-electron chi connectivity index (χ4n) is 1.18. The van der Waals surface area contributed by atoms with E-state index in [4.69, 9.17) is 5.11 Å². The van der Waals surface area contributed by atoms with E-state index < -0.39 is 0 Å². The molecule has 3 N–H and O–H groups in total. The molecule has 1 saturated carbocycles. The minimum atomic E-state index is 0.0231. The Hall–Kier alpha value is -0.610. The van der Waals surface area contributed by atoms with Gasteiger partial charge in [-0.15, -0.1) is 0 Å². The van der Waals surface area contributed by atoms with Crippen LogP contribution < -0.4 is 10.6 Å². The van der Waals surface area contributed by atoms with Crippen molar-refractivity contribution in [1.82, 2.24) is 10.6 Å². The van der Waals surface area contributed by atoms with Crippen molar-refractivity contribution in [2.45, 2.75) is 19.3 Å². The molecule has 13 heavy (non-hydrogen) atoms. The average Bonchev–Trinajstić information content (AvgIpc) is 2.92. The minimum absolute atomic E-state index is 0.0231. The van der Waals surface area contributed by atoms with Crippen LogP contribution in [0.4, 0.5) is 0 Å². The quantitative estimate of drug-likeness (QED) is 0.523. The summed E-state index contributed by atoms with van der Waals surface area (Å²) in [5, 5.41) is 14.7. The predicted octanol–water partition coefficient (Wildman–Crippen LogP) is -0.515. The molecule has 0 heterocycles. The number of hydrogen-bond donors (Lipinski definition) is 3. The van der Waals surface area contributed by atoms with Gasteiger partial charge < -0.3 is 15.7 Å². The summed E-state index contributed by atoms with van der Waals surface area (Å²) < 4.78 is 0. The summed E-state index contributed by atoms with van der Waals surface area (Å²) in [4.78, 5) is 11.2. The molecule has 4 heteroatoms. The number of aliphatic hydroxyl groups is 1. The topological polar surface area (TPSA) is 61.4 Å². The standard InChI is InChI=1S/C9H18N2O2/c1-10-5-2-8(13)11-6-9(7-12)3-4-9/h10,12H,2-7H2,1H3,(H,11,13). The van der Waals surface area contributed by atoms with Crippen LogP contribution in [0.15, 0.2) is 0 Å². The minimum Gasteiger partial charge on any atom is -0.396 e. The highest BCUT2D eigenvalue weighted by Crippen LogP contribution is 2.44. The maximum atomic E-state index is 11.2. The van der Waals surface area contributed by atoms with E-state index in [-0.39, 0.29) is 17.9 Å². The van der Waals surface area contributed by atoms with Crippen LogP contribution in [0.2, 0.25) is 0 Å². The molecule has 0 spiro atoms. The maximum absolute atomic E-state index is 11.2. The first-order valence-corrected chi connectivity index (χ1v) is 4.75. The van der Waals surface area contributed by atoms with Gasteiger partial charge in [-0.1, -0.05) is 0 Å². The van der Waals surface area contributed by atoms with Crippen LogP contribution in [0.25, 0.3) is 0 Å². The molecule has 0 radical (unpaired) electrons. The van der Waals surface area contributed by atoms with Gasteiger partial charge in [0.15, 0.2) is 0 Å².